The van der Waals surface area contributed by atoms with Crippen molar-refractivity contribution in [2.45, 2.75) is 0 Å². The lowest BCUT2D eigenvalue weighted by Crippen LogP contribution is -1.82. The molecular formula is C10H7N3O. The van der Waals surface area contributed by atoms with Crippen LogP contribution < -0.4 is 5.73 Å². The molecule has 0 aliphatic rings. The molecule has 0 amide bonds. The summed E-state index contributed by atoms with van der Waals surface area (Å²) in [5.74, 6) is 0.707. The predicted molar refractivity (Wildman–Crippen MR) is 51.1 cm³/mol. The van der Waals surface area contributed by atoms with Gasteiger partial charge in [0.15, 0.2) is 0 Å². The van der Waals surface area contributed by atoms with Gasteiger partial charge in [0.2, 0.25) is 5.88 Å². The van der Waals surface area contributed by atoms with E-state index in [4.69, 9.17) is 15.4 Å². The molecule has 2 N–H and O–H groups in total. The van der Waals surface area contributed by atoms with E-state index in [9.17, 15) is 0 Å². The molecule has 2 rings (SSSR count). The Hall–Kier alpha value is -2.28. The molecular weight excluding hydrogens is 178 g/mol. The van der Waals surface area contributed by atoms with Gasteiger partial charge in [0.25, 0.3) is 0 Å². The van der Waals surface area contributed by atoms with Crippen LogP contribution in [0.1, 0.15) is 5.56 Å². The van der Waals surface area contributed by atoms with E-state index >= 15 is 0 Å². The summed E-state index contributed by atoms with van der Waals surface area (Å²) in [7, 11) is 0. The fourth-order valence-corrected chi connectivity index (χ4v) is 1.14. The Morgan fingerprint density at radius 3 is 2.93 bits per heavy atom. The predicted octanol–water partition coefficient (Wildman–Crippen LogP) is 1.80. The SMILES string of the molecule is N#Cc1cc(-c2cccnc2)oc1N. The molecule has 4 heteroatoms. The molecule has 0 fully saturated rings. The molecule has 4 nitrogen and oxygen atoms in total. The van der Waals surface area contributed by atoms with Crippen molar-refractivity contribution < 1.29 is 4.42 Å². The maximum absolute atomic E-state index is 8.67. The zero-order chi connectivity index (χ0) is 9.97. The number of aromatic nitrogens is 1. The van der Waals surface area contributed by atoms with Crippen LogP contribution in [0.3, 0.4) is 0 Å². The van der Waals surface area contributed by atoms with Crippen molar-refractivity contribution in [2.24, 2.45) is 0 Å². The first-order valence-corrected chi connectivity index (χ1v) is 4.01. The van der Waals surface area contributed by atoms with Crippen molar-refractivity contribution in [3.63, 3.8) is 0 Å². The number of pyridine rings is 1. The fraction of sp³-hybridized carbons (Fsp3) is 0. The molecule has 0 saturated heterocycles. The molecule has 0 spiro atoms. The number of nitriles is 1. The zero-order valence-electron chi connectivity index (χ0n) is 7.27. The lowest BCUT2D eigenvalue weighted by atomic mass is 10.2. The Labute approximate surface area is 80.6 Å². The number of anilines is 1. The van der Waals surface area contributed by atoms with Gasteiger partial charge in [-0.25, -0.2) is 0 Å². The summed E-state index contributed by atoms with van der Waals surface area (Å²) >= 11 is 0. The minimum atomic E-state index is 0.145. The van der Waals surface area contributed by atoms with E-state index in [2.05, 4.69) is 4.98 Å². The topological polar surface area (TPSA) is 75.8 Å². The summed E-state index contributed by atoms with van der Waals surface area (Å²) < 4.78 is 5.21. The Morgan fingerprint density at radius 2 is 2.36 bits per heavy atom. The fourth-order valence-electron chi connectivity index (χ4n) is 1.14. The Morgan fingerprint density at radius 1 is 1.50 bits per heavy atom. The van der Waals surface area contributed by atoms with Crippen LogP contribution in [0.25, 0.3) is 11.3 Å². The first-order valence-electron chi connectivity index (χ1n) is 4.01. The van der Waals surface area contributed by atoms with Crippen molar-refractivity contribution in [1.29, 1.82) is 5.26 Å². The first-order chi connectivity index (χ1) is 6.81. The third-order valence-corrected chi connectivity index (χ3v) is 1.83. The summed E-state index contributed by atoms with van der Waals surface area (Å²) in [5.41, 5.74) is 6.64. The number of nitrogens with two attached hydrogens (primary N) is 1. The van der Waals surface area contributed by atoms with Crippen molar-refractivity contribution in [2.75, 3.05) is 5.73 Å². The first kappa shape index (κ1) is 8.32. The molecule has 0 aliphatic carbocycles. The number of hydrogen-bond acceptors (Lipinski definition) is 4. The number of hydrogen-bond donors (Lipinski definition) is 1. The maximum atomic E-state index is 8.67. The highest BCUT2D eigenvalue weighted by molar-refractivity contribution is 5.63. The van der Waals surface area contributed by atoms with Gasteiger partial charge in [-0.05, 0) is 12.1 Å². The lowest BCUT2D eigenvalue weighted by molar-refractivity contribution is 0.602. The average molecular weight is 185 g/mol. The summed E-state index contributed by atoms with van der Waals surface area (Å²) in [4.78, 5) is 3.94. The average Bonchev–Trinajstić information content (AvgIpc) is 2.61. The molecule has 2 heterocycles. The Bertz CT molecular complexity index is 482. The smallest absolute Gasteiger partial charge is 0.208 e. The Kier molecular flexibility index (Phi) is 1.92. The molecule has 0 atom stereocenters. The van der Waals surface area contributed by atoms with E-state index in [1.54, 1.807) is 24.5 Å². The van der Waals surface area contributed by atoms with Crippen LogP contribution in [0, 0.1) is 11.3 Å². The minimum Gasteiger partial charge on any atom is -0.439 e. The zero-order valence-corrected chi connectivity index (χ0v) is 7.27. The molecule has 68 valence electrons. The normalized spacial score (nSPS) is 9.64. The van der Waals surface area contributed by atoms with E-state index in [1.165, 1.54) is 0 Å². The quantitative estimate of drug-likeness (QED) is 0.734. The number of furan rings is 1. The van der Waals surface area contributed by atoms with Gasteiger partial charge in [-0.3, -0.25) is 4.98 Å². The van der Waals surface area contributed by atoms with E-state index in [-0.39, 0.29) is 5.88 Å². The van der Waals surface area contributed by atoms with E-state index in [0.717, 1.165) is 5.56 Å². The molecule has 0 radical (unpaired) electrons. The van der Waals surface area contributed by atoms with Crippen LogP contribution in [0.5, 0.6) is 0 Å². The van der Waals surface area contributed by atoms with Crippen LogP contribution in [-0.2, 0) is 0 Å². The molecule has 0 aliphatic heterocycles. The summed E-state index contributed by atoms with van der Waals surface area (Å²) in [6.07, 6.45) is 3.32. The van der Waals surface area contributed by atoms with Crippen LogP contribution >= 0.6 is 0 Å². The minimum absolute atomic E-state index is 0.145. The third kappa shape index (κ3) is 1.31. The van der Waals surface area contributed by atoms with Gasteiger partial charge >= 0.3 is 0 Å². The second kappa shape index (κ2) is 3.23. The molecule has 0 saturated carbocycles. The molecule has 14 heavy (non-hydrogen) atoms. The van der Waals surface area contributed by atoms with Gasteiger partial charge in [0, 0.05) is 24.0 Å². The van der Waals surface area contributed by atoms with Gasteiger partial charge in [-0.2, -0.15) is 5.26 Å². The van der Waals surface area contributed by atoms with E-state index in [0.29, 0.717) is 11.3 Å². The highest BCUT2D eigenvalue weighted by Gasteiger charge is 2.08. The van der Waals surface area contributed by atoms with E-state index in [1.807, 2.05) is 12.1 Å². The van der Waals surface area contributed by atoms with E-state index < -0.39 is 0 Å². The van der Waals surface area contributed by atoms with Gasteiger partial charge in [-0.15, -0.1) is 0 Å². The van der Waals surface area contributed by atoms with Gasteiger partial charge < -0.3 is 10.2 Å². The lowest BCUT2D eigenvalue weighted by Gasteiger charge is -1.92. The van der Waals surface area contributed by atoms with Crippen molar-refractivity contribution in [3.8, 4) is 17.4 Å². The largest absolute Gasteiger partial charge is 0.439 e. The van der Waals surface area contributed by atoms with Gasteiger partial charge in [-0.1, -0.05) is 0 Å². The monoisotopic (exact) mass is 185 g/mol. The van der Waals surface area contributed by atoms with Crippen molar-refractivity contribution in [1.82, 2.24) is 4.98 Å². The van der Waals surface area contributed by atoms with Crippen LogP contribution in [0.15, 0.2) is 35.0 Å². The molecule has 2 aromatic heterocycles. The standard InChI is InChI=1S/C10H7N3O/c11-5-8-4-9(14-10(8)12)7-2-1-3-13-6-7/h1-4,6H,12H2. The number of nitrogens with zero attached hydrogens (tertiary/aromatic N) is 2. The summed E-state index contributed by atoms with van der Waals surface area (Å²) in [6.45, 7) is 0. The summed E-state index contributed by atoms with van der Waals surface area (Å²) in [5, 5.41) is 8.67. The number of rotatable bonds is 1. The van der Waals surface area contributed by atoms with Gasteiger partial charge in [0.1, 0.15) is 17.4 Å². The second-order valence-electron chi connectivity index (χ2n) is 2.74. The highest BCUT2D eigenvalue weighted by atomic mass is 16.4. The van der Waals surface area contributed by atoms with Crippen molar-refractivity contribution >= 4 is 5.88 Å². The molecule has 0 unspecified atom stereocenters. The van der Waals surface area contributed by atoms with Crippen LogP contribution in [0.2, 0.25) is 0 Å². The second-order valence-corrected chi connectivity index (χ2v) is 2.74. The molecule has 2 aromatic rings. The third-order valence-electron chi connectivity index (χ3n) is 1.83. The Balaban J connectivity index is 2.50. The molecule has 0 aromatic carbocycles. The van der Waals surface area contributed by atoms with Crippen molar-refractivity contribution in [3.05, 3.63) is 36.2 Å². The van der Waals surface area contributed by atoms with Crippen LogP contribution in [-0.4, -0.2) is 4.98 Å². The summed E-state index contributed by atoms with van der Waals surface area (Å²) in [6, 6.07) is 7.18. The van der Waals surface area contributed by atoms with Gasteiger partial charge in [0.05, 0.1) is 0 Å². The van der Waals surface area contributed by atoms with Crippen LogP contribution in [0.4, 0.5) is 5.88 Å². The maximum Gasteiger partial charge on any atom is 0.208 e. The number of nitrogen functional groups attached to an aromatic ring is 1. The highest BCUT2D eigenvalue weighted by Crippen LogP contribution is 2.25. The molecule has 0 bridgehead atoms.